The van der Waals surface area contributed by atoms with Crippen LogP contribution in [0.1, 0.15) is 31.9 Å². The summed E-state index contributed by atoms with van der Waals surface area (Å²) < 4.78 is 0. The van der Waals surface area contributed by atoms with Crippen LogP contribution in [0.25, 0.3) is 0 Å². The summed E-state index contributed by atoms with van der Waals surface area (Å²) in [6.07, 6.45) is 4.71. The van der Waals surface area contributed by atoms with Gasteiger partial charge in [-0.2, -0.15) is 0 Å². The molecule has 2 heterocycles. The second-order valence-electron chi connectivity index (χ2n) is 6.91. The molecule has 0 unspecified atom stereocenters. The Morgan fingerprint density at radius 3 is 1.71 bits per heavy atom. The smallest absolute Gasteiger partial charge is 0.0695 e. The molecule has 0 spiro atoms. The number of aromatic nitrogens is 2. The first kappa shape index (κ1) is 16.8. The molecule has 0 amide bonds. The molecule has 0 saturated carbocycles. The largest absolute Gasteiger partial charge is 0.256 e. The molecule has 0 aliphatic rings. The van der Waals surface area contributed by atoms with E-state index in [1.54, 1.807) is 0 Å². The van der Waals surface area contributed by atoms with Crippen molar-refractivity contribution in [3.05, 3.63) is 84.2 Å². The Kier molecular flexibility index (Phi) is 5.06. The van der Waals surface area contributed by atoms with Crippen LogP contribution in [-0.4, -0.2) is 9.97 Å². The van der Waals surface area contributed by atoms with Crippen LogP contribution in [0, 0.1) is 0 Å². The molecule has 2 nitrogen and oxygen atoms in total. The van der Waals surface area contributed by atoms with Crippen LogP contribution in [0.3, 0.4) is 0 Å². The zero-order valence-electron chi connectivity index (χ0n) is 14.5. The highest BCUT2D eigenvalue weighted by atomic mass is 31.1. The van der Waals surface area contributed by atoms with E-state index in [9.17, 15) is 0 Å². The molecule has 1 aromatic carbocycles. The van der Waals surface area contributed by atoms with Crippen molar-refractivity contribution in [3.8, 4) is 0 Å². The van der Waals surface area contributed by atoms with Crippen LogP contribution in [0.15, 0.2) is 73.1 Å². The van der Waals surface area contributed by atoms with E-state index >= 15 is 0 Å². The van der Waals surface area contributed by atoms with E-state index in [-0.39, 0.29) is 5.41 Å². The monoisotopic (exact) mass is 334 g/mol. The SMILES string of the molecule is CC(C)(C)c1ccc(CP(c2ccccn2)c2ccccn2)cc1. The van der Waals surface area contributed by atoms with Crippen LogP contribution >= 0.6 is 7.92 Å². The molecule has 0 saturated heterocycles. The maximum Gasteiger partial charge on any atom is 0.0695 e. The van der Waals surface area contributed by atoms with Gasteiger partial charge in [-0.15, -0.1) is 0 Å². The summed E-state index contributed by atoms with van der Waals surface area (Å²) in [4.78, 5) is 9.19. The maximum absolute atomic E-state index is 4.60. The summed E-state index contributed by atoms with van der Waals surface area (Å²) >= 11 is 0. The quantitative estimate of drug-likeness (QED) is 0.661. The number of benzene rings is 1. The van der Waals surface area contributed by atoms with Crippen LogP contribution in [-0.2, 0) is 11.6 Å². The Morgan fingerprint density at radius 1 is 0.750 bits per heavy atom. The lowest BCUT2D eigenvalue weighted by Gasteiger charge is -2.20. The van der Waals surface area contributed by atoms with E-state index in [0.29, 0.717) is 0 Å². The third-order valence-corrected chi connectivity index (χ3v) is 6.33. The van der Waals surface area contributed by atoms with Gasteiger partial charge in [-0.25, -0.2) is 0 Å². The van der Waals surface area contributed by atoms with Crippen LogP contribution in [0.4, 0.5) is 0 Å². The summed E-state index contributed by atoms with van der Waals surface area (Å²) in [6, 6.07) is 21.3. The minimum absolute atomic E-state index is 0.186. The van der Waals surface area contributed by atoms with Crippen LogP contribution in [0.5, 0.6) is 0 Å². The van der Waals surface area contributed by atoms with Crippen molar-refractivity contribution in [3.63, 3.8) is 0 Å². The van der Waals surface area contributed by atoms with Gasteiger partial charge in [0.25, 0.3) is 0 Å². The molecule has 0 N–H and O–H groups in total. The molecule has 0 fully saturated rings. The normalized spacial score (nSPS) is 11.7. The first-order chi connectivity index (χ1) is 11.5. The van der Waals surface area contributed by atoms with Crippen molar-refractivity contribution in [1.82, 2.24) is 9.97 Å². The number of hydrogen-bond donors (Lipinski definition) is 0. The van der Waals surface area contributed by atoms with E-state index < -0.39 is 7.92 Å². The van der Waals surface area contributed by atoms with Gasteiger partial charge in [0.1, 0.15) is 0 Å². The fraction of sp³-hybridized carbons (Fsp3) is 0.238. The van der Waals surface area contributed by atoms with E-state index in [1.165, 1.54) is 11.1 Å². The predicted molar refractivity (Wildman–Crippen MR) is 104 cm³/mol. The highest BCUT2D eigenvalue weighted by molar-refractivity contribution is 7.71. The Balaban J connectivity index is 1.90. The van der Waals surface area contributed by atoms with Crippen molar-refractivity contribution in [2.24, 2.45) is 0 Å². The van der Waals surface area contributed by atoms with E-state index in [4.69, 9.17) is 0 Å². The summed E-state index contributed by atoms with van der Waals surface area (Å²) in [5.41, 5.74) is 5.15. The molecule has 3 rings (SSSR count). The zero-order valence-corrected chi connectivity index (χ0v) is 15.4. The standard InChI is InChI=1S/C21H23N2P/c1-21(2,3)18-12-10-17(11-13-18)16-24(19-8-4-6-14-22-19)20-9-5-7-15-23-20/h4-15H,16H2,1-3H3. The number of pyridine rings is 2. The summed E-state index contributed by atoms with van der Waals surface area (Å²) in [5, 5.41) is 0. The van der Waals surface area contributed by atoms with Gasteiger partial charge in [-0.3, -0.25) is 9.97 Å². The molecular weight excluding hydrogens is 311 g/mol. The van der Waals surface area contributed by atoms with Gasteiger partial charge in [0.15, 0.2) is 0 Å². The molecule has 3 aromatic rings. The first-order valence-corrected chi connectivity index (χ1v) is 9.76. The highest BCUT2D eigenvalue weighted by Crippen LogP contribution is 2.36. The molecule has 0 aliphatic carbocycles. The Bertz CT molecular complexity index is 723. The van der Waals surface area contributed by atoms with Gasteiger partial charge in [0.05, 0.1) is 10.9 Å². The molecule has 0 bridgehead atoms. The molecule has 0 radical (unpaired) electrons. The van der Waals surface area contributed by atoms with Crippen molar-refractivity contribution >= 4 is 18.8 Å². The lowest BCUT2D eigenvalue weighted by molar-refractivity contribution is 0.590. The average molecular weight is 334 g/mol. The molecule has 3 heteroatoms. The van der Waals surface area contributed by atoms with Gasteiger partial charge < -0.3 is 0 Å². The lowest BCUT2D eigenvalue weighted by Crippen LogP contribution is -2.18. The van der Waals surface area contributed by atoms with Gasteiger partial charge >= 0.3 is 0 Å². The molecule has 122 valence electrons. The van der Waals surface area contributed by atoms with Crippen LogP contribution < -0.4 is 10.9 Å². The highest BCUT2D eigenvalue weighted by Gasteiger charge is 2.18. The Morgan fingerprint density at radius 2 is 1.29 bits per heavy atom. The minimum Gasteiger partial charge on any atom is -0.256 e. The predicted octanol–water partition coefficient (Wildman–Crippen LogP) is 4.41. The topological polar surface area (TPSA) is 25.8 Å². The fourth-order valence-electron chi connectivity index (χ4n) is 2.60. The number of rotatable bonds is 4. The van der Waals surface area contributed by atoms with Crippen molar-refractivity contribution < 1.29 is 0 Å². The molecule has 2 aromatic heterocycles. The second kappa shape index (κ2) is 7.23. The minimum atomic E-state index is -0.587. The van der Waals surface area contributed by atoms with Gasteiger partial charge in [0.2, 0.25) is 0 Å². The number of nitrogens with zero attached hydrogens (tertiary/aromatic N) is 2. The molecular formula is C21H23N2P. The lowest BCUT2D eigenvalue weighted by atomic mass is 9.87. The van der Waals surface area contributed by atoms with Gasteiger partial charge in [-0.1, -0.05) is 57.2 Å². The summed E-state index contributed by atoms with van der Waals surface area (Å²) in [6.45, 7) is 6.74. The Labute approximate surface area is 145 Å². The van der Waals surface area contributed by atoms with Crippen molar-refractivity contribution in [1.29, 1.82) is 0 Å². The maximum atomic E-state index is 4.60. The first-order valence-electron chi connectivity index (χ1n) is 8.23. The molecule has 0 aliphatic heterocycles. The molecule has 24 heavy (non-hydrogen) atoms. The van der Waals surface area contributed by atoms with E-state index in [1.807, 2.05) is 24.5 Å². The second-order valence-corrected chi connectivity index (χ2v) is 9.00. The third kappa shape index (κ3) is 4.07. The van der Waals surface area contributed by atoms with Crippen molar-refractivity contribution in [2.45, 2.75) is 32.3 Å². The molecule has 0 atom stereocenters. The van der Waals surface area contributed by atoms with Crippen LogP contribution in [0.2, 0.25) is 0 Å². The van der Waals surface area contributed by atoms with Gasteiger partial charge in [0, 0.05) is 26.5 Å². The van der Waals surface area contributed by atoms with Gasteiger partial charge in [-0.05, 0) is 40.8 Å². The average Bonchev–Trinajstić information content (AvgIpc) is 2.61. The summed E-state index contributed by atoms with van der Waals surface area (Å²) in [5.74, 6) is 0. The zero-order chi connectivity index (χ0) is 17.0. The van der Waals surface area contributed by atoms with Crippen molar-refractivity contribution in [2.75, 3.05) is 0 Å². The Hall–Kier alpha value is -2.05. The summed E-state index contributed by atoms with van der Waals surface area (Å²) in [7, 11) is -0.587. The fourth-order valence-corrected chi connectivity index (χ4v) is 4.68. The van der Waals surface area contributed by atoms with E-state index in [2.05, 4.69) is 79.3 Å². The third-order valence-electron chi connectivity index (χ3n) is 4.01. The van der Waals surface area contributed by atoms with E-state index in [0.717, 1.165) is 17.0 Å². The number of hydrogen-bond acceptors (Lipinski definition) is 2.